The number of hydrogen-bond acceptors (Lipinski definition) is 4. The number of halogens is 3. The molecule has 0 aromatic heterocycles. The first kappa shape index (κ1) is 17.0. The number of nitrogens with zero attached hydrogens (tertiary/aromatic N) is 1. The van der Waals surface area contributed by atoms with Crippen LogP contribution in [0.25, 0.3) is 0 Å². The van der Waals surface area contributed by atoms with Gasteiger partial charge in [-0.2, -0.15) is 13.2 Å². The molecule has 3 fully saturated rings. The average molecular weight is 336 g/mol. The van der Waals surface area contributed by atoms with E-state index in [0.717, 1.165) is 6.42 Å². The van der Waals surface area contributed by atoms with Gasteiger partial charge in [0.15, 0.2) is 0 Å². The van der Waals surface area contributed by atoms with Gasteiger partial charge in [-0.3, -0.25) is 4.79 Å². The lowest BCUT2D eigenvalue weighted by atomic mass is 9.55. The molecule has 5 nitrogen and oxygen atoms in total. The number of hydrogen-bond donors (Lipinski definition) is 3. The highest BCUT2D eigenvalue weighted by molar-refractivity contribution is 5.85. The van der Waals surface area contributed by atoms with Crippen LogP contribution in [0.15, 0.2) is 0 Å². The van der Waals surface area contributed by atoms with Crippen LogP contribution in [0.4, 0.5) is 13.2 Å². The Morgan fingerprint density at radius 3 is 2.00 bits per heavy atom. The third kappa shape index (κ3) is 2.29. The van der Waals surface area contributed by atoms with Gasteiger partial charge in [-0.25, -0.2) is 0 Å². The van der Waals surface area contributed by atoms with Gasteiger partial charge >= 0.3 is 6.18 Å². The molecule has 0 atom stereocenters. The van der Waals surface area contributed by atoms with Crippen molar-refractivity contribution in [2.75, 3.05) is 32.8 Å². The van der Waals surface area contributed by atoms with Gasteiger partial charge in [0.25, 0.3) is 0 Å². The Morgan fingerprint density at radius 1 is 1.13 bits per heavy atom. The first-order valence-electron chi connectivity index (χ1n) is 8.10. The van der Waals surface area contributed by atoms with Crippen LogP contribution in [0.3, 0.4) is 0 Å². The molecular formula is C15H23F3N2O3. The van der Waals surface area contributed by atoms with Gasteiger partial charge < -0.3 is 20.4 Å². The number of rotatable bonds is 3. The van der Waals surface area contributed by atoms with Crippen molar-refractivity contribution in [3.8, 4) is 0 Å². The standard InChI is InChI=1S/C15H23F3N2O3/c16-15(17,18)12(10-21)4-6-20(7-5-12)11(22)13(2-1-3-13)14(23)8-19-9-14/h19,21,23H,1-10H2. The zero-order chi connectivity index (χ0) is 16.9. The number of carbonyl (C=O) groups excluding carboxylic acids is 1. The first-order valence-corrected chi connectivity index (χ1v) is 8.10. The summed E-state index contributed by atoms with van der Waals surface area (Å²) in [6.07, 6.45) is -3.01. The van der Waals surface area contributed by atoms with Crippen LogP contribution < -0.4 is 5.32 Å². The van der Waals surface area contributed by atoms with E-state index in [1.807, 2.05) is 0 Å². The normalized spacial score (nSPS) is 28.7. The molecule has 132 valence electrons. The van der Waals surface area contributed by atoms with Gasteiger partial charge in [-0.05, 0) is 25.7 Å². The van der Waals surface area contributed by atoms with E-state index < -0.39 is 29.2 Å². The van der Waals surface area contributed by atoms with E-state index in [0.29, 0.717) is 25.9 Å². The Labute approximate surface area is 132 Å². The van der Waals surface area contributed by atoms with Gasteiger partial charge in [-0.1, -0.05) is 6.42 Å². The summed E-state index contributed by atoms with van der Waals surface area (Å²) >= 11 is 0. The molecule has 0 unspecified atom stereocenters. The van der Waals surface area contributed by atoms with Crippen LogP contribution in [0.1, 0.15) is 32.1 Å². The van der Waals surface area contributed by atoms with Crippen molar-refractivity contribution in [3.63, 3.8) is 0 Å². The quantitative estimate of drug-likeness (QED) is 0.708. The van der Waals surface area contributed by atoms with E-state index in [2.05, 4.69) is 5.32 Å². The minimum atomic E-state index is -4.47. The zero-order valence-corrected chi connectivity index (χ0v) is 13.0. The fraction of sp³-hybridized carbons (Fsp3) is 0.933. The molecule has 2 saturated heterocycles. The largest absolute Gasteiger partial charge is 0.396 e. The smallest absolute Gasteiger partial charge is 0.395 e. The molecule has 0 aromatic rings. The van der Waals surface area contributed by atoms with Crippen molar-refractivity contribution in [1.29, 1.82) is 0 Å². The third-order valence-corrected chi connectivity index (χ3v) is 6.25. The summed E-state index contributed by atoms with van der Waals surface area (Å²) in [5.41, 5.74) is -4.01. The summed E-state index contributed by atoms with van der Waals surface area (Å²) < 4.78 is 39.5. The zero-order valence-electron chi connectivity index (χ0n) is 13.0. The molecule has 3 rings (SSSR count). The minimum absolute atomic E-state index is 0.0236. The highest BCUT2D eigenvalue weighted by Crippen LogP contribution is 2.53. The van der Waals surface area contributed by atoms with Crippen LogP contribution in [-0.4, -0.2) is 65.6 Å². The highest BCUT2D eigenvalue weighted by atomic mass is 19.4. The van der Waals surface area contributed by atoms with Crippen molar-refractivity contribution in [1.82, 2.24) is 10.2 Å². The predicted molar refractivity (Wildman–Crippen MR) is 75.5 cm³/mol. The summed E-state index contributed by atoms with van der Waals surface area (Å²) in [6, 6.07) is 0. The van der Waals surface area contributed by atoms with Gasteiger partial charge in [0.05, 0.1) is 17.4 Å². The number of aliphatic hydroxyl groups excluding tert-OH is 1. The number of β-amino-alcohol motifs (C(OH)–C–C–N with tert-alkyl or cyclic N) is 1. The second-order valence-corrected chi connectivity index (χ2v) is 7.30. The lowest BCUT2D eigenvalue weighted by Gasteiger charge is -2.58. The molecule has 0 radical (unpaired) electrons. The van der Waals surface area contributed by atoms with Crippen LogP contribution >= 0.6 is 0 Å². The molecule has 1 amide bonds. The molecule has 23 heavy (non-hydrogen) atoms. The number of likely N-dealkylation sites (tertiary alicyclic amines) is 1. The van der Waals surface area contributed by atoms with Crippen molar-refractivity contribution in [3.05, 3.63) is 0 Å². The molecule has 3 N–H and O–H groups in total. The number of nitrogens with one attached hydrogen (secondary N) is 1. The SMILES string of the molecule is O=C(N1CCC(CO)(C(F)(F)F)CC1)C1(C2(O)CNC2)CCC1. The van der Waals surface area contributed by atoms with Crippen LogP contribution in [-0.2, 0) is 4.79 Å². The molecule has 1 aliphatic carbocycles. The average Bonchev–Trinajstić information content (AvgIpc) is 2.43. The minimum Gasteiger partial charge on any atom is -0.395 e. The number of amides is 1. The van der Waals surface area contributed by atoms with E-state index in [4.69, 9.17) is 0 Å². The number of piperidine rings is 1. The maximum atomic E-state index is 13.2. The fourth-order valence-electron chi connectivity index (χ4n) is 4.08. The Hall–Kier alpha value is -0.860. The van der Waals surface area contributed by atoms with Crippen molar-refractivity contribution in [2.45, 2.75) is 43.9 Å². The fourth-order valence-corrected chi connectivity index (χ4v) is 4.08. The molecular weight excluding hydrogens is 313 g/mol. The topological polar surface area (TPSA) is 72.8 Å². The van der Waals surface area contributed by atoms with Crippen molar-refractivity contribution < 1.29 is 28.2 Å². The van der Waals surface area contributed by atoms with E-state index >= 15 is 0 Å². The predicted octanol–water partition coefficient (Wildman–Crippen LogP) is 0.654. The maximum absolute atomic E-state index is 13.2. The Morgan fingerprint density at radius 2 is 1.70 bits per heavy atom. The molecule has 1 saturated carbocycles. The maximum Gasteiger partial charge on any atom is 0.396 e. The van der Waals surface area contributed by atoms with Gasteiger partial charge in [0.1, 0.15) is 5.60 Å². The molecule has 8 heteroatoms. The number of alkyl halides is 3. The molecule has 0 bridgehead atoms. The Balaban J connectivity index is 1.71. The Kier molecular flexibility index (Phi) is 3.93. The summed E-state index contributed by atoms with van der Waals surface area (Å²) in [7, 11) is 0. The molecule has 3 aliphatic rings. The van der Waals surface area contributed by atoms with E-state index in [1.54, 1.807) is 0 Å². The van der Waals surface area contributed by atoms with Crippen LogP contribution in [0, 0.1) is 10.8 Å². The number of aliphatic hydroxyl groups is 2. The third-order valence-electron chi connectivity index (χ3n) is 6.25. The first-order chi connectivity index (χ1) is 10.7. The van der Waals surface area contributed by atoms with Crippen molar-refractivity contribution >= 4 is 5.91 Å². The van der Waals surface area contributed by atoms with Gasteiger partial charge in [-0.15, -0.1) is 0 Å². The molecule has 0 aromatic carbocycles. The lowest BCUT2D eigenvalue weighted by molar-refractivity contribution is -0.250. The van der Waals surface area contributed by atoms with E-state index in [9.17, 15) is 28.2 Å². The second kappa shape index (κ2) is 5.32. The summed E-state index contributed by atoms with van der Waals surface area (Å²) in [6.45, 7) is -0.280. The van der Waals surface area contributed by atoms with Crippen molar-refractivity contribution in [2.24, 2.45) is 10.8 Å². The number of carbonyl (C=O) groups is 1. The van der Waals surface area contributed by atoms with E-state index in [-0.39, 0.29) is 31.8 Å². The summed E-state index contributed by atoms with van der Waals surface area (Å²) in [4.78, 5) is 14.3. The summed E-state index contributed by atoms with van der Waals surface area (Å²) in [5, 5.41) is 22.8. The summed E-state index contributed by atoms with van der Waals surface area (Å²) in [5.74, 6) is -0.221. The van der Waals surface area contributed by atoms with Crippen LogP contribution in [0.2, 0.25) is 0 Å². The molecule has 2 heterocycles. The van der Waals surface area contributed by atoms with Gasteiger partial charge in [0, 0.05) is 26.2 Å². The monoisotopic (exact) mass is 336 g/mol. The lowest BCUT2D eigenvalue weighted by Crippen LogP contribution is -2.74. The van der Waals surface area contributed by atoms with Gasteiger partial charge in [0.2, 0.25) is 5.91 Å². The molecule has 0 spiro atoms. The van der Waals surface area contributed by atoms with Crippen LogP contribution in [0.5, 0.6) is 0 Å². The highest BCUT2D eigenvalue weighted by Gasteiger charge is 2.63. The Bertz CT molecular complexity index is 479. The second-order valence-electron chi connectivity index (χ2n) is 7.30. The van der Waals surface area contributed by atoms with E-state index in [1.165, 1.54) is 4.90 Å². The molecule has 2 aliphatic heterocycles.